The molecule has 6 nitrogen and oxygen atoms in total. The molecule has 0 atom stereocenters. The number of aromatic nitrogens is 2. The van der Waals surface area contributed by atoms with Crippen LogP contribution in [-0.2, 0) is 5.75 Å². The topological polar surface area (TPSA) is 101 Å². The Labute approximate surface area is 159 Å². The summed E-state index contributed by atoms with van der Waals surface area (Å²) < 4.78 is 13.0. The number of hydrogen-bond acceptors (Lipinski definition) is 5. The number of H-pyrrole nitrogens is 1. The van der Waals surface area contributed by atoms with E-state index in [1.54, 1.807) is 0 Å². The number of benzene rings is 2. The number of anilines is 2. The smallest absolute Gasteiger partial charge is 0.277 e. The highest BCUT2D eigenvalue weighted by Gasteiger charge is 2.14. The lowest BCUT2D eigenvalue weighted by atomic mass is 10.1. The number of rotatable bonds is 5. The summed E-state index contributed by atoms with van der Waals surface area (Å²) in [6.07, 6.45) is 0. The van der Waals surface area contributed by atoms with Crippen molar-refractivity contribution in [1.82, 2.24) is 9.97 Å². The van der Waals surface area contributed by atoms with Crippen molar-refractivity contribution in [1.29, 1.82) is 0 Å². The molecule has 3 rings (SSSR count). The summed E-state index contributed by atoms with van der Waals surface area (Å²) in [5.41, 5.74) is 7.63. The number of thioether (sulfide) groups is 1. The molecule has 8 heteroatoms. The number of carbonyl (C=O) groups excluding carboxylic acids is 1. The minimum atomic E-state index is -0.575. The third-order valence-corrected chi connectivity index (χ3v) is 4.82. The lowest BCUT2D eigenvalue weighted by Gasteiger charge is -2.09. The Hall–Kier alpha value is -3.13. The summed E-state index contributed by atoms with van der Waals surface area (Å²) in [5, 5.41) is 2.78. The highest BCUT2D eigenvalue weighted by Crippen LogP contribution is 2.22. The van der Waals surface area contributed by atoms with Crippen LogP contribution < -0.4 is 16.6 Å². The molecule has 0 aliphatic rings. The molecule has 138 valence electrons. The number of hydrogen-bond donors (Lipinski definition) is 3. The van der Waals surface area contributed by atoms with Gasteiger partial charge in [-0.25, -0.2) is 9.37 Å². The van der Waals surface area contributed by atoms with Gasteiger partial charge in [0.25, 0.3) is 11.5 Å². The van der Waals surface area contributed by atoms with Crippen LogP contribution in [0.25, 0.3) is 0 Å². The Kier molecular flexibility index (Phi) is 5.56. The minimum absolute atomic E-state index is 0.0819. The molecule has 0 spiro atoms. The highest BCUT2D eigenvalue weighted by molar-refractivity contribution is 7.98. The van der Waals surface area contributed by atoms with Crippen LogP contribution in [0.3, 0.4) is 0 Å². The maximum Gasteiger partial charge on any atom is 0.277 e. The van der Waals surface area contributed by atoms with Gasteiger partial charge >= 0.3 is 0 Å². The van der Waals surface area contributed by atoms with Gasteiger partial charge in [-0.1, -0.05) is 36.0 Å². The summed E-state index contributed by atoms with van der Waals surface area (Å²) in [6, 6.07) is 12.9. The molecule has 0 bridgehead atoms. The first kappa shape index (κ1) is 18.7. The van der Waals surface area contributed by atoms with Gasteiger partial charge in [-0.05, 0) is 42.3 Å². The second-order valence-corrected chi connectivity index (χ2v) is 6.77. The van der Waals surface area contributed by atoms with Crippen LogP contribution >= 0.6 is 11.8 Å². The molecule has 0 radical (unpaired) electrons. The molecule has 0 aliphatic heterocycles. The Balaban J connectivity index is 1.75. The van der Waals surface area contributed by atoms with Crippen molar-refractivity contribution in [2.45, 2.75) is 17.8 Å². The van der Waals surface area contributed by atoms with Crippen molar-refractivity contribution >= 4 is 29.2 Å². The van der Waals surface area contributed by atoms with Crippen LogP contribution in [0.2, 0.25) is 0 Å². The van der Waals surface area contributed by atoms with Gasteiger partial charge in [-0.2, -0.15) is 0 Å². The molecule has 4 N–H and O–H groups in total. The van der Waals surface area contributed by atoms with E-state index < -0.39 is 17.3 Å². The molecular weight excluding hydrogens is 367 g/mol. The summed E-state index contributed by atoms with van der Waals surface area (Å²) in [4.78, 5) is 31.2. The second-order valence-electron chi connectivity index (χ2n) is 5.81. The van der Waals surface area contributed by atoms with Gasteiger partial charge < -0.3 is 11.1 Å². The number of halogens is 1. The van der Waals surface area contributed by atoms with E-state index in [9.17, 15) is 14.0 Å². The Morgan fingerprint density at radius 2 is 1.93 bits per heavy atom. The lowest BCUT2D eigenvalue weighted by Crippen LogP contribution is -2.23. The molecule has 0 unspecified atom stereocenters. The van der Waals surface area contributed by atoms with Gasteiger partial charge in [-0.3, -0.25) is 14.6 Å². The van der Waals surface area contributed by atoms with Crippen LogP contribution in [-0.4, -0.2) is 15.9 Å². The molecular formula is C19H17FN4O2S. The number of nitrogen functional groups attached to an aromatic ring is 1. The van der Waals surface area contributed by atoms with Gasteiger partial charge in [-0.15, -0.1) is 0 Å². The van der Waals surface area contributed by atoms with E-state index in [1.165, 1.54) is 23.9 Å². The predicted octanol–water partition coefficient (Wildman–Crippen LogP) is 3.34. The first-order chi connectivity index (χ1) is 12.9. The number of nitrogens with zero attached hydrogens (tertiary/aromatic N) is 1. The fourth-order valence-corrected chi connectivity index (χ4v) is 3.31. The van der Waals surface area contributed by atoms with E-state index in [0.29, 0.717) is 10.9 Å². The van der Waals surface area contributed by atoms with Gasteiger partial charge in [0.05, 0.1) is 0 Å². The third-order valence-electron chi connectivity index (χ3n) is 3.90. The van der Waals surface area contributed by atoms with Crippen LogP contribution in [0, 0.1) is 12.7 Å². The zero-order chi connectivity index (χ0) is 19.4. The Bertz CT molecular complexity index is 1030. The largest absolute Gasteiger partial charge is 0.382 e. The van der Waals surface area contributed by atoms with E-state index in [4.69, 9.17) is 5.73 Å². The Morgan fingerprint density at radius 1 is 1.22 bits per heavy atom. The van der Waals surface area contributed by atoms with Crippen molar-refractivity contribution in [2.24, 2.45) is 0 Å². The number of aromatic amines is 1. The lowest BCUT2D eigenvalue weighted by molar-refractivity contribution is 0.102. The zero-order valence-electron chi connectivity index (χ0n) is 14.5. The van der Waals surface area contributed by atoms with Gasteiger partial charge in [0.2, 0.25) is 0 Å². The molecule has 3 aromatic rings. The minimum Gasteiger partial charge on any atom is -0.382 e. The Morgan fingerprint density at radius 3 is 2.59 bits per heavy atom. The average Bonchev–Trinajstić information content (AvgIpc) is 2.64. The molecule has 1 aromatic heterocycles. The normalized spacial score (nSPS) is 10.6. The van der Waals surface area contributed by atoms with Crippen molar-refractivity contribution < 1.29 is 9.18 Å². The van der Waals surface area contributed by atoms with Crippen LogP contribution in [0.1, 0.15) is 21.5 Å². The van der Waals surface area contributed by atoms with Crippen LogP contribution in [0.4, 0.5) is 15.9 Å². The zero-order valence-corrected chi connectivity index (χ0v) is 15.3. The monoisotopic (exact) mass is 384 g/mol. The van der Waals surface area contributed by atoms with Gasteiger partial charge in [0, 0.05) is 11.3 Å². The summed E-state index contributed by atoms with van der Waals surface area (Å²) >= 11 is 1.34. The van der Waals surface area contributed by atoms with E-state index in [2.05, 4.69) is 15.3 Å². The highest BCUT2D eigenvalue weighted by atomic mass is 32.2. The number of nitrogens with two attached hydrogens (primary N) is 1. The molecule has 0 aliphatic carbocycles. The fourth-order valence-electron chi connectivity index (χ4n) is 2.36. The molecule has 1 heterocycles. The molecule has 0 fully saturated rings. The molecule has 0 saturated heterocycles. The van der Waals surface area contributed by atoms with Crippen molar-refractivity contribution in [2.75, 3.05) is 11.1 Å². The number of amides is 1. The van der Waals surface area contributed by atoms with E-state index in [1.807, 2.05) is 31.2 Å². The maximum absolute atomic E-state index is 13.0. The van der Waals surface area contributed by atoms with Crippen LogP contribution in [0.5, 0.6) is 0 Å². The van der Waals surface area contributed by atoms with E-state index in [-0.39, 0.29) is 17.1 Å². The molecule has 1 amide bonds. The summed E-state index contributed by atoms with van der Waals surface area (Å²) in [6.45, 7) is 2.01. The standard InChI is InChI=1S/C19H17FN4O2S/c1-11-4-2-3-5-13(11)10-27-19-23-16(21)15(18(26)24-19)22-17(25)12-6-8-14(20)9-7-12/h2-9H,10H2,1H3,(H,22,25)(H3,21,23,24,26). The van der Waals surface area contributed by atoms with Gasteiger partial charge in [0.1, 0.15) is 11.5 Å². The molecule has 27 heavy (non-hydrogen) atoms. The average molecular weight is 384 g/mol. The van der Waals surface area contributed by atoms with Crippen molar-refractivity contribution in [3.8, 4) is 0 Å². The van der Waals surface area contributed by atoms with Gasteiger partial charge in [0.15, 0.2) is 11.0 Å². The maximum atomic E-state index is 13.0. The second kappa shape index (κ2) is 8.05. The quantitative estimate of drug-likeness (QED) is 0.463. The predicted molar refractivity (Wildman–Crippen MR) is 104 cm³/mol. The molecule has 2 aromatic carbocycles. The van der Waals surface area contributed by atoms with Crippen molar-refractivity contribution in [3.05, 3.63) is 81.4 Å². The first-order valence-corrected chi connectivity index (χ1v) is 9.06. The number of nitrogens with one attached hydrogen (secondary N) is 2. The summed E-state index contributed by atoms with van der Waals surface area (Å²) in [7, 11) is 0. The van der Waals surface area contributed by atoms with Crippen LogP contribution in [0.15, 0.2) is 58.5 Å². The fraction of sp³-hybridized carbons (Fsp3) is 0.105. The molecule has 0 saturated carbocycles. The number of carbonyl (C=O) groups is 1. The number of aryl methyl sites for hydroxylation is 1. The van der Waals surface area contributed by atoms with Crippen molar-refractivity contribution in [3.63, 3.8) is 0 Å². The SMILES string of the molecule is Cc1ccccc1CSc1nc(N)c(NC(=O)c2ccc(F)cc2)c(=O)[nH]1. The summed E-state index contributed by atoms with van der Waals surface area (Å²) in [5.74, 6) is -0.493. The van der Waals surface area contributed by atoms with E-state index in [0.717, 1.165) is 23.3 Å². The third kappa shape index (κ3) is 4.53. The van der Waals surface area contributed by atoms with E-state index >= 15 is 0 Å². The first-order valence-electron chi connectivity index (χ1n) is 8.08.